The Balaban J connectivity index is 0.000000300. The zero-order valence-corrected chi connectivity index (χ0v) is 16.2. The highest BCUT2D eigenvalue weighted by Gasteiger charge is 2.46. The van der Waals surface area contributed by atoms with Crippen LogP contribution in [0.4, 0.5) is 0 Å². The smallest absolute Gasteiger partial charge is 0.303 e. The quantitative estimate of drug-likeness (QED) is 0.189. The predicted octanol–water partition coefficient (Wildman–Crippen LogP) is -5.30. The third kappa shape index (κ3) is 7.05. The van der Waals surface area contributed by atoms with Crippen LogP contribution in [-0.4, -0.2) is 127 Å². The summed E-state index contributed by atoms with van der Waals surface area (Å²) < 4.78 is 18.6. The molecule has 0 aliphatic carbocycles. The molecule has 2 aliphatic rings. The van der Waals surface area contributed by atoms with Crippen molar-refractivity contribution in [2.45, 2.75) is 75.3 Å². The number of rotatable bonds is 4. The van der Waals surface area contributed by atoms with Gasteiger partial charge >= 0.3 is 11.9 Å². The molecule has 176 valence electrons. The third-order valence-electron chi connectivity index (χ3n) is 4.28. The van der Waals surface area contributed by atoms with Gasteiger partial charge in [-0.25, -0.2) is 0 Å². The summed E-state index contributed by atoms with van der Waals surface area (Å²) in [6.07, 6.45) is -14.1. The standard InChI is InChI=1S/2C8H14O7/c1-3(10)14-7-5(11)4(2-9)15-8(13)6(7)12;1-3(9)14-2-4-5(10)6(11)7(12)8(13)15-4/h4-9,11-13H,2H2,1H3;4-8,10-13H,2H2,1H3. The Morgan fingerprint density at radius 3 is 1.77 bits per heavy atom. The molecule has 2 heterocycles. The van der Waals surface area contributed by atoms with Crippen molar-refractivity contribution >= 4 is 11.9 Å². The van der Waals surface area contributed by atoms with Crippen LogP contribution in [0.1, 0.15) is 13.8 Å². The SMILES string of the molecule is CC(=O)OC1C(O)C(O)OC(CO)C1O.CC(=O)OCC1OC(O)C(O)C(O)C1O. The number of ether oxygens (including phenoxy) is 4. The molecular weight excluding hydrogens is 416 g/mol. The molecule has 2 aliphatic heterocycles. The van der Waals surface area contributed by atoms with Gasteiger partial charge in [0.2, 0.25) is 0 Å². The van der Waals surface area contributed by atoms with Crippen molar-refractivity contribution in [3.05, 3.63) is 0 Å². The van der Waals surface area contributed by atoms with Crippen LogP contribution in [0.5, 0.6) is 0 Å². The first kappa shape index (κ1) is 26.6. The lowest BCUT2D eigenvalue weighted by atomic mass is 9.99. The van der Waals surface area contributed by atoms with Gasteiger partial charge in [-0.2, -0.15) is 0 Å². The van der Waals surface area contributed by atoms with Gasteiger partial charge in [-0.3, -0.25) is 9.59 Å². The Labute approximate surface area is 170 Å². The van der Waals surface area contributed by atoms with E-state index in [9.17, 15) is 35.1 Å². The van der Waals surface area contributed by atoms with E-state index in [1.807, 2.05) is 0 Å². The maximum Gasteiger partial charge on any atom is 0.303 e. The van der Waals surface area contributed by atoms with Crippen molar-refractivity contribution in [2.75, 3.05) is 13.2 Å². The summed E-state index contributed by atoms with van der Waals surface area (Å²) in [7, 11) is 0. The van der Waals surface area contributed by atoms with Crippen LogP contribution in [-0.2, 0) is 28.5 Å². The highest BCUT2D eigenvalue weighted by atomic mass is 16.7. The molecule has 8 N–H and O–H groups in total. The third-order valence-corrected chi connectivity index (χ3v) is 4.28. The minimum atomic E-state index is -1.61. The van der Waals surface area contributed by atoms with Crippen molar-refractivity contribution in [3.8, 4) is 0 Å². The molecule has 0 aromatic heterocycles. The van der Waals surface area contributed by atoms with Crippen LogP contribution >= 0.6 is 0 Å². The molecule has 2 rings (SSSR count). The number of esters is 2. The Kier molecular flexibility index (Phi) is 10.5. The summed E-state index contributed by atoms with van der Waals surface area (Å²) in [6.45, 7) is 1.44. The van der Waals surface area contributed by atoms with Crippen molar-refractivity contribution in [1.82, 2.24) is 0 Å². The maximum atomic E-state index is 10.7. The molecule has 0 bridgehead atoms. The van der Waals surface area contributed by atoms with Crippen molar-refractivity contribution in [2.24, 2.45) is 0 Å². The molecule has 0 amide bonds. The van der Waals surface area contributed by atoms with Crippen LogP contribution in [0.25, 0.3) is 0 Å². The van der Waals surface area contributed by atoms with E-state index in [1.54, 1.807) is 0 Å². The van der Waals surface area contributed by atoms with E-state index in [0.717, 1.165) is 6.92 Å². The van der Waals surface area contributed by atoms with Gasteiger partial charge in [-0.1, -0.05) is 0 Å². The second-order valence-electron chi connectivity index (χ2n) is 6.64. The van der Waals surface area contributed by atoms with Crippen LogP contribution in [0, 0.1) is 0 Å². The summed E-state index contributed by atoms with van der Waals surface area (Å²) in [4.78, 5) is 21.2. The monoisotopic (exact) mass is 444 g/mol. The number of carbonyl (C=O) groups is 2. The van der Waals surface area contributed by atoms with Crippen LogP contribution < -0.4 is 0 Å². The van der Waals surface area contributed by atoms with E-state index < -0.39 is 80.0 Å². The number of aliphatic hydroxyl groups is 8. The molecule has 30 heavy (non-hydrogen) atoms. The molecule has 10 atom stereocenters. The Morgan fingerprint density at radius 2 is 1.27 bits per heavy atom. The van der Waals surface area contributed by atoms with E-state index in [0.29, 0.717) is 0 Å². The molecular formula is C16H28O14. The van der Waals surface area contributed by atoms with Gasteiger partial charge in [-0.05, 0) is 0 Å². The average molecular weight is 444 g/mol. The minimum Gasteiger partial charge on any atom is -0.463 e. The molecule has 0 saturated carbocycles. The van der Waals surface area contributed by atoms with Crippen LogP contribution in [0.15, 0.2) is 0 Å². The Morgan fingerprint density at radius 1 is 0.733 bits per heavy atom. The second kappa shape index (κ2) is 11.8. The Bertz CT molecular complexity index is 558. The normalized spacial score (nSPS) is 41.3. The van der Waals surface area contributed by atoms with Crippen LogP contribution in [0.2, 0.25) is 0 Å². The Hall–Kier alpha value is -1.46. The van der Waals surface area contributed by atoms with E-state index in [1.165, 1.54) is 6.92 Å². The fourth-order valence-corrected chi connectivity index (χ4v) is 2.67. The van der Waals surface area contributed by atoms with Gasteiger partial charge in [0.25, 0.3) is 0 Å². The fraction of sp³-hybridized carbons (Fsp3) is 0.875. The molecule has 0 aromatic rings. The summed E-state index contributed by atoms with van der Waals surface area (Å²) in [5.41, 5.74) is 0. The molecule has 14 heteroatoms. The molecule has 0 radical (unpaired) electrons. The molecule has 10 unspecified atom stereocenters. The van der Waals surface area contributed by atoms with Gasteiger partial charge in [-0.15, -0.1) is 0 Å². The zero-order valence-electron chi connectivity index (χ0n) is 16.2. The molecule has 0 spiro atoms. The average Bonchev–Trinajstić information content (AvgIpc) is 2.68. The number of carbonyl (C=O) groups excluding carboxylic acids is 2. The largest absolute Gasteiger partial charge is 0.463 e. The highest BCUT2D eigenvalue weighted by Crippen LogP contribution is 2.22. The van der Waals surface area contributed by atoms with Gasteiger partial charge in [0.1, 0.15) is 49.3 Å². The van der Waals surface area contributed by atoms with E-state index >= 15 is 0 Å². The molecule has 2 fully saturated rings. The van der Waals surface area contributed by atoms with Crippen molar-refractivity contribution in [3.63, 3.8) is 0 Å². The first-order valence-electron chi connectivity index (χ1n) is 8.89. The predicted molar refractivity (Wildman–Crippen MR) is 91.1 cm³/mol. The summed E-state index contributed by atoms with van der Waals surface area (Å²) in [6, 6.07) is 0. The van der Waals surface area contributed by atoms with Gasteiger partial charge in [0.15, 0.2) is 18.7 Å². The second-order valence-corrected chi connectivity index (χ2v) is 6.64. The maximum absolute atomic E-state index is 10.7. The molecule has 2 saturated heterocycles. The van der Waals surface area contributed by atoms with E-state index in [4.69, 9.17) is 20.1 Å². The number of hydrogen-bond acceptors (Lipinski definition) is 14. The summed E-state index contributed by atoms with van der Waals surface area (Å²) in [5.74, 6) is -1.27. The van der Waals surface area contributed by atoms with Crippen molar-refractivity contribution < 1.29 is 69.4 Å². The minimum absolute atomic E-state index is 0.294. The lowest BCUT2D eigenvalue weighted by Crippen LogP contribution is -2.59. The summed E-state index contributed by atoms with van der Waals surface area (Å²) in [5, 5.41) is 73.8. The van der Waals surface area contributed by atoms with Crippen molar-refractivity contribution in [1.29, 1.82) is 0 Å². The summed E-state index contributed by atoms with van der Waals surface area (Å²) >= 11 is 0. The van der Waals surface area contributed by atoms with E-state index in [2.05, 4.69) is 14.2 Å². The molecule has 0 aromatic carbocycles. The van der Waals surface area contributed by atoms with Crippen LogP contribution in [0.3, 0.4) is 0 Å². The lowest BCUT2D eigenvalue weighted by Gasteiger charge is -2.39. The van der Waals surface area contributed by atoms with E-state index in [-0.39, 0.29) is 6.61 Å². The highest BCUT2D eigenvalue weighted by molar-refractivity contribution is 5.66. The first-order valence-corrected chi connectivity index (χ1v) is 8.89. The first-order chi connectivity index (χ1) is 13.9. The number of aliphatic hydroxyl groups excluding tert-OH is 8. The fourth-order valence-electron chi connectivity index (χ4n) is 2.67. The zero-order chi connectivity index (χ0) is 23.2. The number of hydrogen-bond donors (Lipinski definition) is 8. The topological polar surface area (TPSA) is 233 Å². The van der Waals surface area contributed by atoms with Gasteiger partial charge < -0.3 is 59.8 Å². The van der Waals surface area contributed by atoms with Gasteiger partial charge in [0, 0.05) is 13.8 Å². The lowest BCUT2D eigenvalue weighted by molar-refractivity contribution is -0.289. The van der Waals surface area contributed by atoms with Gasteiger partial charge in [0.05, 0.1) is 6.61 Å². The molecule has 14 nitrogen and oxygen atoms in total.